The van der Waals surface area contributed by atoms with E-state index >= 15 is 0 Å². The van der Waals surface area contributed by atoms with Gasteiger partial charge >= 0.3 is 0 Å². The minimum atomic E-state index is -1.39. The van der Waals surface area contributed by atoms with Crippen LogP contribution in [0, 0.1) is 11.7 Å². The topological polar surface area (TPSA) is 50.3 Å². The van der Waals surface area contributed by atoms with Gasteiger partial charge in [-0.1, -0.05) is 25.1 Å². The van der Waals surface area contributed by atoms with Crippen LogP contribution in [-0.4, -0.2) is 27.4 Å². The van der Waals surface area contributed by atoms with Crippen molar-refractivity contribution in [3.63, 3.8) is 0 Å². The molecule has 2 aromatic carbocycles. The Kier molecular flexibility index (Phi) is 5.64. The summed E-state index contributed by atoms with van der Waals surface area (Å²) in [5.74, 6) is -0.0805. The normalized spacial score (nSPS) is 17.8. The number of hydrogen-bond donors (Lipinski definition) is 0. The van der Waals surface area contributed by atoms with Crippen LogP contribution in [0.5, 0.6) is 0 Å². The van der Waals surface area contributed by atoms with E-state index in [9.17, 15) is 13.4 Å². The van der Waals surface area contributed by atoms with Gasteiger partial charge in [-0.2, -0.15) is 0 Å². The van der Waals surface area contributed by atoms with Gasteiger partial charge in [-0.3, -0.25) is 14.0 Å². The zero-order chi connectivity index (χ0) is 22.2. The molecule has 1 unspecified atom stereocenters. The third-order valence-corrected chi connectivity index (χ3v) is 7.96. The SMILES string of the molecule is CCCS(=O)c1cc2c(cc1F)CCN2C(=O)[C@@H]1Cc2ccc(-c3ccccn3)cc2C1. The second-order valence-corrected chi connectivity index (χ2v) is 10.0. The number of fused-ring (bicyclic) bond motifs is 2. The van der Waals surface area contributed by atoms with Crippen molar-refractivity contribution >= 4 is 22.4 Å². The zero-order valence-corrected chi connectivity index (χ0v) is 18.8. The van der Waals surface area contributed by atoms with Crippen LogP contribution in [0.2, 0.25) is 0 Å². The second-order valence-electron chi connectivity index (χ2n) is 8.50. The molecule has 1 aromatic heterocycles. The highest BCUT2D eigenvalue weighted by Crippen LogP contribution is 2.36. The Labute approximate surface area is 189 Å². The van der Waals surface area contributed by atoms with E-state index in [2.05, 4.69) is 23.2 Å². The van der Waals surface area contributed by atoms with E-state index < -0.39 is 16.6 Å². The number of anilines is 1. The van der Waals surface area contributed by atoms with Crippen molar-refractivity contribution < 1.29 is 13.4 Å². The minimum absolute atomic E-state index is 0.0677. The van der Waals surface area contributed by atoms with Crippen LogP contribution in [0.15, 0.2) is 59.6 Å². The average Bonchev–Trinajstić information content (AvgIpc) is 3.42. The summed E-state index contributed by atoms with van der Waals surface area (Å²) in [6, 6.07) is 15.3. The van der Waals surface area contributed by atoms with Crippen LogP contribution in [0.3, 0.4) is 0 Å². The van der Waals surface area contributed by atoms with Gasteiger partial charge < -0.3 is 4.90 Å². The van der Waals surface area contributed by atoms with Crippen molar-refractivity contribution in [2.45, 2.75) is 37.5 Å². The van der Waals surface area contributed by atoms with E-state index in [1.165, 1.54) is 17.2 Å². The van der Waals surface area contributed by atoms with Gasteiger partial charge in [0.1, 0.15) is 5.82 Å². The van der Waals surface area contributed by atoms with Gasteiger partial charge in [0.2, 0.25) is 5.91 Å². The highest BCUT2D eigenvalue weighted by Gasteiger charge is 2.35. The fourth-order valence-electron chi connectivity index (χ4n) is 4.79. The van der Waals surface area contributed by atoms with Gasteiger partial charge in [0.25, 0.3) is 0 Å². The largest absolute Gasteiger partial charge is 0.312 e. The average molecular weight is 449 g/mol. The lowest BCUT2D eigenvalue weighted by atomic mass is 10.0. The molecule has 2 aliphatic rings. The molecule has 5 rings (SSSR count). The summed E-state index contributed by atoms with van der Waals surface area (Å²) in [5.41, 5.74) is 5.92. The lowest BCUT2D eigenvalue weighted by molar-refractivity contribution is -0.122. The molecule has 6 heteroatoms. The number of hydrogen-bond acceptors (Lipinski definition) is 3. The molecular formula is C26H25FN2O2S. The maximum absolute atomic E-state index is 14.5. The van der Waals surface area contributed by atoms with Crippen LogP contribution in [-0.2, 0) is 34.9 Å². The maximum atomic E-state index is 14.5. The Bertz CT molecular complexity index is 1210. The number of nitrogens with zero attached hydrogens (tertiary/aromatic N) is 2. The zero-order valence-electron chi connectivity index (χ0n) is 18.0. The first kappa shape index (κ1) is 21.0. The Morgan fingerprint density at radius 2 is 1.97 bits per heavy atom. The molecule has 1 aliphatic heterocycles. The highest BCUT2D eigenvalue weighted by molar-refractivity contribution is 7.85. The van der Waals surface area contributed by atoms with Crippen molar-refractivity contribution in [2.24, 2.45) is 5.92 Å². The summed E-state index contributed by atoms with van der Waals surface area (Å²) in [6.07, 6.45) is 4.52. The fourth-order valence-corrected chi connectivity index (χ4v) is 5.90. The second kappa shape index (κ2) is 8.58. The molecule has 4 nitrogen and oxygen atoms in total. The van der Waals surface area contributed by atoms with E-state index in [4.69, 9.17) is 0 Å². The van der Waals surface area contributed by atoms with Crippen molar-refractivity contribution in [2.75, 3.05) is 17.2 Å². The van der Waals surface area contributed by atoms with Gasteiger partial charge in [-0.25, -0.2) is 4.39 Å². The molecule has 2 heterocycles. The molecule has 0 bridgehead atoms. The molecule has 2 atom stereocenters. The van der Waals surface area contributed by atoms with E-state index in [-0.39, 0.29) is 16.7 Å². The Morgan fingerprint density at radius 3 is 2.75 bits per heavy atom. The monoisotopic (exact) mass is 448 g/mol. The molecule has 0 N–H and O–H groups in total. The van der Waals surface area contributed by atoms with Gasteiger partial charge in [0.15, 0.2) is 0 Å². The Hall–Kier alpha value is -2.86. The lowest BCUT2D eigenvalue weighted by Gasteiger charge is -2.22. The van der Waals surface area contributed by atoms with Crippen LogP contribution in [0.4, 0.5) is 10.1 Å². The standard InChI is InChI=1S/C26H25FN2O2S/c1-2-11-32(31)25-16-24-19(15-22(25)27)8-10-29(24)26(30)21-12-17-6-7-18(13-20(17)14-21)23-5-3-4-9-28-23/h3-7,9,13,15-16,21H,2,8,10-12,14H2,1H3/t21-,32?/m1/s1. The van der Waals surface area contributed by atoms with Gasteiger partial charge in [0, 0.05) is 35.7 Å². The summed E-state index contributed by atoms with van der Waals surface area (Å²) in [5, 5.41) is 0. The summed E-state index contributed by atoms with van der Waals surface area (Å²) in [7, 11) is -1.39. The number of aromatic nitrogens is 1. The van der Waals surface area contributed by atoms with Crippen molar-refractivity contribution in [3.05, 3.63) is 77.2 Å². The smallest absolute Gasteiger partial charge is 0.230 e. The molecule has 3 aromatic rings. The van der Waals surface area contributed by atoms with Crippen LogP contribution < -0.4 is 4.90 Å². The minimum Gasteiger partial charge on any atom is -0.312 e. The molecule has 32 heavy (non-hydrogen) atoms. The molecular weight excluding hydrogens is 423 g/mol. The summed E-state index contributed by atoms with van der Waals surface area (Å²) >= 11 is 0. The first-order valence-electron chi connectivity index (χ1n) is 11.1. The predicted molar refractivity (Wildman–Crippen MR) is 125 cm³/mol. The molecule has 164 valence electrons. The van der Waals surface area contributed by atoms with E-state index in [0.29, 0.717) is 38.0 Å². The number of benzene rings is 2. The van der Waals surface area contributed by atoms with Crippen LogP contribution >= 0.6 is 0 Å². The number of amides is 1. The molecule has 0 fully saturated rings. The number of rotatable bonds is 5. The Balaban J connectivity index is 1.38. The third-order valence-electron chi connectivity index (χ3n) is 6.38. The van der Waals surface area contributed by atoms with Crippen molar-refractivity contribution in [3.8, 4) is 11.3 Å². The van der Waals surface area contributed by atoms with E-state index in [1.54, 1.807) is 17.2 Å². The van der Waals surface area contributed by atoms with Crippen LogP contribution in [0.1, 0.15) is 30.0 Å². The first-order valence-corrected chi connectivity index (χ1v) is 12.4. The fraction of sp³-hybridized carbons (Fsp3) is 0.308. The van der Waals surface area contributed by atoms with Crippen molar-refractivity contribution in [1.29, 1.82) is 0 Å². The summed E-state index contributed by atoms with van der Waals surface area (Å²) in [4.78, 5) is 19.9. The van der Waals surface area contributed by atoms with Gasteiger partial charge in [-0.15, -0.1) is 0 Å². The summed E-state index contributed by atoms with van der Waals surface area (Å²) in [6.45, 7) is 2.47. The maximum Gasteiger partial charge on any atom is 0.230 e. The summed E-state index contributed by atoms with van der Waals surface area (Å²) < 4.78 is 27.0. The van der Waals surface area contributed by atoms with Crippen molar-refractivity contribution in [1.82, 2.24) is 4.98 Å². The quantitative estimate of drug-likeness (QED) is 0.568. The van der Waals surface area contributed by atoms with Gasteiger partial charge in [0.05, 0.1) is 21.4 Å². The van der Waals surface area contributed by atoms with Gasteiger partial charge in [-0.05, 0) is 72.7 Å². The number of halogens is 1. The molecule has 0 saturated heterocycles. The molecule has 1 amide bonds. The predicted octanol–water partition coefficient (Wildman–Crippen LogP) is 4.71. The molecule has 0 spiro atoms. The molecule has 1 aliphatic carbocycles. The lowest BCUT2D eigenvalue weighted by Crippen LogP contribution is -2.35. The van der Waals surface area contributed by atoms with E-state index in [1.807, 2.05) is 25.1 Å². The number of carbonyl (C=O) groups excluding carboxylic acids is 1. The number of carbonyl (C=O) groups is 1. The molecule has 0 radical (unpaired) electrons. The van der Waals surface area contributed by atoms with Crippen LogP contribution in [0.25, 0.3) is 11.3 Å². The number of pyridine rings is 1. The molecule has 0 saturated carbocycles. The third kappa shape index (κ3) is 3.77. The van der Waals surface area contributed by atoms with E-state index in [0.717, 1.165) is 22.5 Å². The Morgan fingerprint density at radius 1 is 1.12 bits per heavy atom. The highest BCUT2D eigenvalue weighted by atomic mass is 32.2. The first-order chi connectivity index (χ1) is 15.5.